The summed E-state index contributed by atoms with van der Waals surface area (Å²) >= 11 is 0. The molecular formula is C80H138N2Pd. The molecule has 2 nitrogen and oxygen atoms in total. The molecule has 0 radical (unpaired) electrons. The van der Waals surface area contributed by atoms with Crippen molar-refractivity contribution in [3.8, 4) is 0 Å². The van der Waals surface area contributed by atoms with Crippen molar-refractivity contribution in [3.63, 3.8) is 0 Å². The second-order valence-electron chi connectivity index (χ2n) is 25.6. The van der Waals surface area contributed by atoms with Gasteiger partial charge in [0, 0.05) is 22.8 Å². The van der Waals surface area contributed by atoms with Crippen molar-refractivity contribution in [1.29, 1.82) is 0 Å². The van der Waals surface area contributed by atoms with Crippen LogP contribution in [0.5, 0.6) is 0 Å². The van der Waals surface area contributed by atoms with Gasteiger partial charge in [0.2, 0.25) is 11.4 Å². The molecule has 1 heterocycles. The van der Waals surface area contributed by atoms with Crippen LogP contribution < -0.4 is 0 Å². The van der Waals surface area contributed by atoms with Gasteiger partial charge >= 0.3 is 20.4 Å². The van der Waals surface area contributed by atoms with E-state index in [0.717, 1.165) is 54.6 Å². The van der Waals surface area contributed by atoms with Crippen LogP contribution >= 0.6 is 0 Å². The number of benzene rings is 2. The Hall–Kier alpha value is -2.34. The Labute approximate surface area is 534 Å². The first-order valence-corrected chi connectivity index (χ1v) is 36.6. The monoisotopic (exact) mass is 1230 g/mol. The molecule has 0 fully saturated rings. The molecule has 1 aliphatic rings. The maximum Gasteiger partial charge on any atom is 2.00 e. The van der Waals surface area contributed by atoms with Crippen molar-refractivity contribution in [2.45, 2.75) is 388 Å². The number of allylic oxidation sites excluding steroid dienone is 4. The Morgan fingerprint density at radius 3 is 0.831 bits per heavy atom. The summed E-state index contributed by atoms with van der Waals surface area (Å²) in [5.74, 6) is 0. The third kappa shape index (κ3) is 50.4. The van der Waals surface area contributed by atoms with Crippen LogP contribution in [0.4, 0.5) is 0 Å². The van der Waals surface area contributed by atoms with E-state index >= 15 is 0 Å². The summed E-state index contributed by atoms with van der Waals surface area (Å²) in [6, 6.07) is 16.6. The van der Waals surface area contributed by atoms with Crippen LogP contribution in [-0.2, 0) is 20.4 Å². The van der Waals surface area contributed by atoms with Gasteiger partial charge in [-0.05, 0) is 51.0 Å². The number of unbranched alkanes of at least 4 members (excludes halogenated alkanes) is 51. The minimum atomic E-state index is 0. The topological polar surface area (TPSA) is 25.3 Å². The van der Waals surface area contributed by atoms with Crippen LogP contribution in [0.1, 0.15) is 396 Å². The Bertz CT molecular complexity index is 1730. The number of rotatable bonds is 57. The molecule has 2 aromatic carbocycles. The third-order valence-electron chi connectivity index (χ3n) is 17.4. The first-order chi connectivity index (χ1) is 40.4. The van der Waals surface area contributed by atoms with E-state index in [1.165, 1.54) is 342 Å². The first kappa shape index (κ1) is 80.7. The fraction of sp³-hybridized carbons (Fsp3) is 0.750. The molecule has 83 heavy (non-hydrogen) atoms. The number of hydrogen-bond donors (Lipinski definition) is 0. The van der Waals surface area contributed by atoms with Crippen molar-refractivity contribution < 1.29 is 25.1 Å². The Kier molecular flexibility index (Phi) is 62.3. The minimum Gasteiger partial charge on any atom is -0.518 e. The molecule has 0 unspecified atom stereocenters. The van der Waals surface area contributed by atoms with E-state index < -0.39 is 0 Å². The van der Waals surface area contributed by atoms with Crippen molar-refractivity contribution in [2.24, 2.45) is 0 Å². The van der Waals surface area contributed by atoms with E-state index in [9.17, 15) is 5.53 Å². The van der Waals surface area contributed by atoms with Crippen LogP contribution in [0.2, 0.25) is 0 Å². The predicted molar refractivity (Wildman–Crippen MR) is 370 cm³/mol. The van der Waals surface area contributed by atoms with Crippen LogP contribution in [0.25, 0.3) is 16.9 Å². The summed E-state index contributed by atoms with van der Waals surface area (Å²) in [6.45, 7) is 21.8. The normalized spacial score (nSPS) is 12.0. The molecule has 0 atom stereocenters. The molecule has 0 N–H and O–H groups in total. The summed E-state index contributed by atoms with van der Waals surface area (Å²) in [4.78, 5) is 0. The number of aryl methyl sites for hydroxylation is 2. The zero-order valence-electron chi connectivity index (χ0n) is 56.1. The fourth-order valence-electron chi connectivity index (χ4n) is 12.0. The molecule has 0 bridgehead atoms. The largest absolute Gasteiger partial charge is 2.00 e. The molecule has 1 aliphatic heterocycles. The van der Waals surface area contributed by atoms with Crippen LogP contribution in [0.15, 0.2) is 72.3 Å². The minimum absolute atomic E-state index is 0. The van der Waals surface area contributed by atoms with Gasteiger partial charge in [-0.2, -0.15) is 0 Å². The Morgan fingerprint density at radius 2 is 0.578 bits per heavy atom. The number of nitrogens with zero attached hydrogens (tertiary/aromatic N) is 2. The summed E-state index contributed by atoms with van der Waals surface area (Å²) in [5, 5.41) is 0. The third-order valence-corrected chi connectivity index (χ3v) is 17.4. The standard InChI is InChI=1S/2C29H57.C22H24N2.Pd/c2*1-3-5-7-9-11-13-15-17-19-21-23-25-27-29-28-26-24-22-20-18-16-14-12-10-8-6-4-2;1-4-5-10-20-15-21(18-11-6-8-16(2)13-18)24(23)22(20)19-12-7-9-17(3)14-19;/h2*1,3H,4-29H2,2H3;6-9,11-15H,4-5,10H2,1-3H3;/q2*-1;;+2. The van der Waals surface area contributed by atoms with Gasteiger partial charge in [0.25, 0.3) is 0 Å². The van der Waals surface area contributed by atoms with E-state index in [-0.39, 0.29) is 20.4 Å². The number of hydrogen-bond acceptors (Lipinski definition) is 0. The summed E-state index contributed by atoms with van der Waals surface area (Å²) in [7, 11) is 0. The molecule has 0 saturated carbocycles. The molecule has 0 aromatic heterocycles. The van der Waals surface area contributed by atoms with Gasteiger partial charge in [-0.25, -0.2) is 4.70 Å². The second-order valence-corrected chi connectivity index (χ2v) is 25.6. The SMILES string of the molecule is CCCCC1=C(c2cccc(C)c2)[N+](=[N-])C(c2cccc(C)c2)=C1.[CH-]=CCCCCCCCCCCCCCCCCCCCCCCCCCCC.[CH-]=CCCCCCCCCCCCCCCCCCCCCCCCCCCC.[Pd+2]. The van der Waals surface area contributed by atoms with Crippen molar-refractivity contribution in [3.05, 3.63) is 113 Å². The van der Waals surface area contributed by atoms with Gasteiger partial charge in [-0.1, -0.05) is 396 Å². The zero-order chi connectivity index (χ0) is 59.3. The van der Waals surface area contributed by atoms with E-state index in [1.54, 1.807) is 12.2 Å². The average Bonchev–Trinajstić information content (AvgIpc) is 3.21. The smallest absolute Gasteiger partial charge is 0.518 e. The van der Waals surface area contributed by atoms with E-state index in [0.29, 0.717) is 0 Å². The fourth-order valence-corrected chi connectivity index (χ4v) is 12.0. The maximum atomic E-state index is 10.9. The Morgan fingerprint density at radius 1 is 0.337 bits per heavy atom. The van der Waals surface area contributed by atoms with Crippen molar-refractivity contribution in [1.82, 2.24) is 0 Å². The quantitative estimate of drug-likeness (QED) is 0.0273. The average molecular weight is 1230 g/mol. The van der Waals surface area contributed by atoms with Gasteiger partial charge in [0.15, 0.2) is 0 Å². The van der Waals surface area contributed by atoms with Gasteiger partial charge in [-0.15, -0.1) is 0 Å². The van der Waals surface area contributed by atoms with E-state index in [2.05, 4.69) is 77.1 Å². The molecule has 0 aliphatic carbocycles. The van der Waals surface area contributed by atoms with Crippen LogP contribution in [-0.4, -0.2) is 4.70 Å². The van der Waals surface area contributed by atoms with Gasteiger partial charge in [0.1, 0.15) is 0 Å². The molecular weight excluding hydrogens is 1100 g/mol. The Balaban J connectivity index is 0.00000121. The molecule has 3 rings (SSSR count). The first-order valence-electron chi connectivity index (χ1n) is 36.6. The van der Waals surface area contributed by atoms with Crippen molar-refractivity contribution >= 4 is 11.4 Å². The molecule has 0 amide bonds. The second kappa shape index (κ2) is 64.1. The molecule has 2 aromatic rings. The van der Waals surface area contributed by atoms with Crippen molar-refractivity contribution in [2.75, 3.05) is 0 Å². The zero-order valence-corrected chi connectivity index (χ0v) is 57.7. The predicted octanol–water partition coefficient (Wildman–Crippen LogP) is 28.6. The summed E-state index contributed by atoms with van der Waals surface area (Å²) in [6.07, 6.45) is 84.0. The van der Waals surface area contributed by atoms with Crippen LogP contribution in [0.3, 0.4) is 0 Å². The molecule has 478 valence electrons. The van der Waals surface area contributed by atoms with E-state index in [4.69, 9.17) is 13.2 Å². The van der Waals surface area contributed by atoms with Gasteiger partial charge in [0.05, 0.1) is 0 Å². The maximum absolute atomic E-state index is 10.9. The summed E-state index contributed by atoms with van der Waals surface area (Å²) < 4.78 is 1.37. The van der Waals surface area contributed by atoms with Crippen LogP contribution in [0, 0.1) is 27.0 Å². The van der Waals surface area contributed by atoms with Gasteiger partial charge in [-0.3, -0.25) is 12.2 Å². The molecule has 0 saturated heterocycles. The molecule has 0 spiro atoms. The molecule has 3 heteroatoms. The summed E-state index contributed by atoms with van der Waals surface area (Å²) in [5.41, 5.74) is 18.4. The van der Waals surface area contributed by atoms with Gasteiger partial charge < -0.3 is 18.7 Å². The van der Waals surface area contributed by atoms with E-state index in [1.807, 2.05) is 12.1 Å².